The zero-order chi connectivity index (χ0) is 38.6. The van der Waals surface area contributed by atoms with Crippen molar-refractivity contribution in [3.8, 4) is 0 Å². The molecule has 0 fully saturated rings. The van der Waals surface area contributed by atoms with Crippen molar-refractivity contribution in [2.75, 3.05) is 13.2 Å². The number of nitrogens with two attached hydrogens (primary N) is 1. The highest BCUT2D eigenvalue weighted by Gasteiger charge is 2.49. The van der Waals surface area contributed by atoms with E-state index in [9.17, 15) is 19.2 Å². The van der Waals surface area contributed by atoms with Crippen LogP contribution in [0, 0.1) is 0 Å². The van der Waals surface area contributed by atoms with E-state index in [-0.39, 0.29) is 32.0 Å². The summed E-state index contributed by atoms with van der Waals surface area (Å²) in [5, 5.41) is 11.3. The Morgan fingerprint density at radius 1 is 0.623 bits per heavy atom. The van der Waals surface area contributed by atoms with Crippen LogP contribution < -0.4 is 11.1 Å². The lowest BCUT2D eigenvalue weighted by atomic mass is 9.90. The molecule has 53 heavy (non-hydrogen) atoms. The number of rotatable bonds is 26. The number of amides is 1. The lowest BCUT2D eigenvalue weighted by molar-refractivity contribution is -0.168. The number of esters is 2. The number of aliphatic carboxylic acids is 1. The van der Waals surface area contributed by atoms with E-state index >= 15 is 0 Å². The van der Waals surface area contributed by atoms with Crippen LogP contribution in [0.1, 0.15) is 147 Å². The third-order valence-corrected chi connectivity index (χ3v) is 9.17. The normalized spacial score (nSPS) is 11.4. The molecule has 0 aliphatic rings. The number of hydrogen-bond acceptors (Lipinski definition) is 7. The maximum atomic E-state index is 12.7. The van der Waals surface area contributed by atoms with Crippen molar-refractivity contribution in [3.63, 3.8) is 0 Å². The molecule has 0 radical (unpaired) electrons. The van der Waals surface area contributed by atoms with Gasteiger partial charge in [-0.15, -0.1) is 12.4 Å². The van der Waals surface area contributed by atoms with Crippen LogP contribution in [-0.2, 0) is 54.3 Å². The summed E-state index contributed by atoms with van der Waals surface area (Å²) < 4.78 is 10.2. The van der Waals surface area contributed by atoms with E-state index in [4.69, 9.17) is 20.3 Å². The largest absolute Gasteiger partial charge is 0.480 e. The first-order valence-corrected chi connectivity index (χ1v) is 19.8. The van der Waals surface area contributed by atoms with Gasteiger partial charge in [0.25, 0.3) is 0 Å². The highest BCUT2D eigenvalue weighted by molar-refractivity contribution is 6.07. The fourth-order valence-electron chi connectivity index (χ4n) is 6.00. The molecule has 0 aromatic heterocycles. The first kappa shape index (κ1) is 49.6. The quantitative estimate of drug-likeness (QED) is 0.0490. The molecule has 2 aromatic rings. The van der Waals surface area contributed by atoms with Gasteiger partial charge in [-0.3, -0.25) is 9.59 Å². The minimum atomic E-state index is -1.84. The number of benzene rings is 2. The molecule has 0 aliphatic carbocycles. The Balaban J connectivity index is 0.00000107. The molecule has 0 bridgehead atoms. The van der Waals surface area contributed by atoms with E-state index in [1.165, 1.54) is 101 Å². The van der Waals surface area contributed by atoms with Crippen molar-refractivity contribution in [2.45, 2.75) is 162 Å². The predicted octanol–water partition coefficient (Wildman–Crippen LogP) is 8.88. The second-order valence-electron chi connectivity index (χ2n) is 13.7. The minimum Gasteiger partial charge on any atom is -0.480 e. The van der Waals surface area contributed by atoms with Gasteiger partial charge in [-0.2, -0.15) is 0 Å². The van der Waals surface area contributed by atoms with E-state index in [0.29, 0.717) is 12.8 Å². The standard InChI is InChI=1S/C25H39NO5.C18H29NO2.ClH/c1-5-8-9-10-11-12-13-21-14-16-22(17-15-21)18-19-25(26-20(4)27,23(28)30-6-2)24(29)31-7-3;1-2-3-4-5-6-7-8-15-9-11-16(12-10-15)13-14-17(19)18(20)21;/h14-17H,5-13,18-19H2,1-4H3,(H,26,27);9-12,17H,2-8,13-14,19H2,1H3,(H,20,21);1H. The molecular weight excluding hydrogens is 692 g/mol. The summed E-state index contributed by atoms with van der Waals surface area (Å²) in [5.74, 6) is -2.99. The Morgan fingerprint density at radius 3 is 1.34 bits per heavy atom. The number of unbranched alkanes of at least 4 members (excludes halogenated alkanes) is 10. The van der Waals surface area contributed by atoms with Crippen LogP contribution in [0.25, 0.3) is 0 Å². The topological polar surface area (TPSA) is 145 Å². The van der Waals surface area contributed by atoms with Gasteiger partial charge in [-0.25, -0.2) is 9.59 Å². The summed E-state index contributed by atoms with van der Waals surface area (Å²) in [7, 11) is 0. The van der Waals surface area contributed by atoms with E-state index in [1.807, 2.05) is 12.1 Å². The molecule has 300 valence electrons. The summed E-state index contributed by atoms with van der Waals surface area (Å²) in [6, 6.07) is 16.0. The molecule has 1 amide bonds. The fourth-order valence-corrected chi connectivity index (χ4v) is 6.00. The number of carboxylic acids is 1. The van der Waals surface area contributed by atoms with Crippen LogP contribution in [0.3, 0.4) is 0 Å². The van der Waals surface area contributed by atoms with Gasteiger partial charge in [-0.1, -0.05) is 127 Å². The van der Waals surface area contributed by atoms with E-state index in [0.717, 1.165) is 24.8 Å². The van der Waals surface area contributed by atoms with Gasteiger partial charge in [0.2, 0.25) is 11.4 Å². The predicted molar refractivity (Wildman–Crippen MR) is 216 cm³/mol. The van der Waals surface area contributed by atoms with Gasteiger partial charge in [0.05, 0.1) is 13.2 Å². The zero-order valence-electron chi connectivity index (χ0n) is 33.2. The van der Waals surface area contributed by atoms with Crippen molar-refractivity contribution in [3.05, 3.63) is 70.8 Å². The van der Waals surface area contributed by atoms with Gasteiger partial charge in [0.1, 0.15) is 6.04 Å². The molecule has 2 aromatic carbocycles. The zero-order valence-corrected chi connectivity index (χ0v) is 34.0. The lowest BCUT2D eigenvalue weighted by Gasteiger charge is -2.29. The molecular formula is C43H69ClN2O7. The first-order chi connectivity index (χ1) is 25.0. The van der Waals surface area contributed by atoms with Gasteiger partial charge in [0.15, 0.2) is 0 Å². The van der Waals surface area contributed by atoms with Crippen molar-refractivity contribution >= 4 is 36.2 Å². The molecule has 9 nitrogen and oxygen atoms in total. The Morgan fingerprint density at radius 2 is 0.981 bits per heavy atom. The van der Waals surface area contributed by atoms with Crippen molar-refractivity contribution in [2.24, 2.45) is 5.73 Å². The van der Waals surface area contributed by atoms with Crippen LogP contribution in [0.2, 0.25) is 0 Å². The van der Waals surface area contributed by atoms with Crippen molar-refractivity contribution in [1.82, 2.24) is 5.32 Å². The van der Waals surface area contributed by atoms with E-state index < -0.39 is 35.4 Å². The molecule has 0 heterocycles. The van der Waals surface area contributed by atoms with Gasteiger partial charge in [-0.05, 0) is 87.5 Å². The third-order valence-electron chi connectivity index (χ3n) is 9.17. The maximum Gasteiger partial charge on any atom is 0.343 e. The average molecular weight is 761 g/mol. The van der Waals surface area contributed by atoms with Crippen molar-refractivity contribution < 1.29 is 33.8 Å². The molecule has 1 atom stereocenters. The van der Waals surface area contributed by atoms with Gasteiger partial charge in [0, 0.05) is 6.92 Å². The van der Waals surface area contributed by atoms with Crippen LogP contribution in [0.15, 0.2) is 48.5 Å². The fraction of sp³-hybridized carbons (Fsp3) is 0.628. The second kappa shape index (κ2) is 30.0. The highest BCUT2D eigenvalue weighted by Crippen LogP contribution is 2.21. The number of nitrogens with one attached hydrogen (secondary N) is 1. The Labute approximate surface area is 326 Å². The number of carboxylic acid groups (broad SMARTS) is 1. The smallest absolute Gasteiger partial charge is 0.343 e. The number of halogens is 1. The van der Waals surface area contributed by atoms with Gasteiger partial charge < -0.3 is 25.6 Å². The molecule has 4 N–H and O–H groups in total. The van der Waals surface area contributed by atoms with E-state index in [1.54, 1.807) is 13.8 Å². The van der Waals surface area contributed by atoms with Crippen LogP contribution in [0.4, 0.5) is 0 Å². The third kappa shape index (κ3) is 21.2. The SMILES string of the molecule is CCCCCCCCc1ccc(CCC(N)C(=O)O)cc1.CCCCCCCCc1ccc(CCC(NC(C)=O)(C(=O)OCC)C(=O)OCC)cc1.Cl. The van der Waals surface area contributed by atoms with Crippen LogP contribution in [-0.4, -0.2) is 53.7 Å². The number of ether oxygens (including phenoxy) is 2. The summed E-state index contributed by atoms with van der Waals surface area (Å²) in [5.41, 5.74) is 8.47. The highest BCUT2D eigenvalue weighted by atomic mass is 35.5. The number of hydrogen-bond donors (Lipinski definition) is 3. The Kier molecular flexibility index (Phi) is 28.0. The molecule has 10 heteroatoms. The monoisotopic (exact) mass is 760 g/mol. The average Bonchev–Trinajstić information content (AvgIpc) is 3.13. The van der Waals surface area contributed by atoms with Crippen molar-refractivity contribution in [1.29, 1.82) is 0 Å². The number of carbonyl (C=O) groups excluding carboxylic acids is 3. The summed E-state index contributed by atoms with van der Waals surface area (Å²) >= 11 is 0. The minimum absolute atomic E-state index is 0. The molecule has 0 aliphatic heterocycles. The maximum absolute atomic E-state index is 12.7. The van der Waals surface area contributed by atoms with Crippen LogP contribution >= 0.6 is 12.4 Å². The lowest BCUT2D eigenvalue weighted by Crippen LogP contribution is -2.61. The summed E-state index contributed by atoms with van der Waals surface area (Å²) in [4.78, 5) is 47.8. The number of carbonyl (C=O) groups is 4. The second-order valence-corrected chi connectivity index (χ2v) is 13.7. The van der Waals surface area contributed by atoms with Crippen LogP contribution in [0.5, 0.6) is 0 Å². The Hall–Kier alpha value is -3.43. The summed E-state index contributed by atoms with van der Waals surface area (Å²) in [6.07, 6.45) is 19.4. The van der Waals surface area contributed by atoms with Gasteiger partial charge >= 0.3 is 17.9 Å². The Bertz CT molecular complexity index is 1270. The molecule has 0 spiro atoms. The molecule has 1 unspecified atom stereocenters. The number of aryl methyl sites for hydroxylation is 4. The first-order valence-electron chi connectivity index (χ1n) is 19.8. The van der Waals surface area contributed by atoms with E-state index in [2.05, 4.69) is 55.6 Å². The molecule has 0 saturated carbocycles. The summed E-state index contributed by atoms with van der Waals surface area (Å²) in [6.45, 7) is 9.25. The molecule has 2 rings (SSSR count). The molecule has 0 saturated heterocycles.